The second kappa shape index (κ2) is 4.03. The maximum atomic E-state index is 11.4. The van der Waals surface area contributed by atoms with Crippen molar-refractivity contribution in [3.8, 4) is 0 Å². The Morgan fingerprint density at radius 3 is 2.33 bits per heavy atom. The Hall–Kier alpha value is -1.35. The van der Waals surface area contributed by atoms with Gasteiger partial charge in [0.2, 0.25) is 11.8 Å². The Labute approximate surface area is 92.6 Å². The molecule has 0 bridgehead atoms. The summed E-state index contributed by atoms with van der Waals surface area (Å²) in [6, 6.07) is 7.23. The molecule has 0 saturated carbocycles. The van der Waals surface area contributed by atoms with Crippen LogP contribution in [0.15, 0.2) is 24.3 Å². The first kappa shape index (κ1) is 10.2. The van der Waals surface area contributed by atoms with Crippen LogP contribution in [0.3, 0.4) is 0 Å². The molecule has 0 aliphatic carbocycles. The van der Waals surface area contributed by atoms with Crippen molar-refractivity contribution in [2.75, 3.05) is 0 Å². The Bertz CT molecular complexity index is 401. The zero-order valence-electron chi connectivity index (χ0n) is 8.07. The highest BCUT2D eigenvalue weighted by molar-refractivity contribution is 6.31. The normalized spacial score (nSPS) is 16.2. The molecule has 15 heavy (non-hydrogen) atoms. The van der Waals surface area contributed by atoms with Gasteiger partial charge in [-0.3, -0.25) is 14.5 Å². The molecule has 78 valence electrons. The molecule has 1 aromatic carbocycles. The van der Waals surface area contributed by atoms with Gasteiger partial charge in [-0.25, -0.2) is 0 Å². The number of imide groups is 1. The van der Waals surface area contributed by atoms with E-state index in [0.29, 0.717) is 17.9 Å². The summed E-state index contributed by atoms with van der Waals surface area (Å²) in [4.78, 5) is 24.0. The minimum absolute atomic E-state index is 0.111. The van der Waals surface area contributed by atoms with E-state index in [1.165, 1.54) is 4.90 Å². The van der Waals surface area contributed by atoms with Crippen LogP contribution in [0.4, 0.5) is 0 Å². The summed E-state index contributed by atoms with van der Waals surface area (Å²) in [5, 5.41) is 0.588. The van der Waals surface area contributed by atoms with Crippen LogP contribution >= 0.6 is 11.6 Å². The van der Waals surface area contributed by atoms with Crippen LogP contribution in [0.2, 0.25) is 5.02 Å². The molecule has 0 spiro atoms. The maximum Gasteiger partial charge on any atom is 0.229 e. The van der Waals surface area contributed by atoms with E-state index >= 15 is 0 Å². The number of hydrogen-bond acceptors (Lipinski definition) is 2. The van der Waals surface area contributed by atoms with Gasteiger partial charge in [-0.2, -0.15) is 0 Å². The first-order valence-corrected chi connectivity index (χ1v) is 5.13. The number of benzene rings is 1. The summed E-state index contributed by atoms with van der Waals surface area (Å²) in [5.74, 6) is -0.222. The molecular weight excluding hydrogens is 214 g/mol. The summed E-state index contributed by atoms with van der Waals surface area (Å²) >= 11 is 5.95. The highest BCUT2D eigenvalue weighted by Gasteiger charge is 2.28. The number of halogens is 1. The van der Waals surface area contributed by atoms with Gasteiger partial charge >= 0.3 is 0 Å². The largest absolute Gasteiger partial charge is 0.278 e. The fraction of sp³-hybridized carbons (Fsp3) is 0.273. The lowest BCUT2D eigenvalue weighted by molar-refractivity contribution is -0.139. The fourth-order valence-corrected chi connectivity index (χ4v) is 1.79. The van der Waals surface area contributed by atoms with E-state index in [1.54, 1.807) is 6.07 Å². The molecule has 3 nitrogen and oxygen atoms in total. The smallest absolute Gasteiger partial charge is 0.229 e. The Kier molecular flexibility index (Phi) is 2.73. The SMILES string of the molecule is O=C1CCC(=O)N1Cc1ccccc1Cl. The zero-order valence-corrected chi connectivity index (χ0v) is 8.83. The lowest BCUT2D eigenvalue weighted by Gasteiger charge is -2.14. The molecule has 2 amide bonds. The van der Waals surface area contributed by atoms with Crippen LogP contribution in [0, 0.1) is 0 Å². The third kappa shape index (κ3) is 2.02. The van der Waals surface area contributed by atoms with Crippen molar-refractivity contribution >= 4 is 23.4 Å². The van der Waals surface area contributed by atoms with Gasteiger partial charge in [0.25, 0.3) is 0 Å². The van der Waals surface area contributed by atoms with Crippen LogP contribution in [0.1, 0.15) is 18.4 Å². The molecule has 2 rings (SSSR count). The highest BCUT2D eigenvalue weighted by atomic mass is 35.5. The van der Waals surface area contributed by atoms with Crippen LogP contribution in [-0.2, 0) is 16.1 Å². The molecule has 1 heterocycles. The molecule has 1 fully saturated rings. The van der Waals surface area contributed by atoms with E-state index in [4.69, 9.17) is 11.6 Å². The van der Waals surface area contributed by atoms with Gasteiger partial charge in [-0.15, -0.1) is 0 Å². The number of amides is 2. The van der Waals surface area contributed by atoms with Crippen molar-refractivity contribution in [3.63, 3.8) is 0 Å². The molecule has 0 aromatic heterocycles. The van der Waals surface area contributed by atoms with Crippen molar-refractivity contribution < 1.29 is 9.59 Å². The number of likely N-dealkylation sites (tertiary alicyclic amines) is 1. The average molecular weight is 224 g/mol. The second-order valence-corrected chi connectivity index (χ2v) is 3.87. The van der Waals surface area contributed by atoms with Gasteiger partial charge in [0.15, 0.2) is 0 Å². The predicted octanol–water partition coefficient (Wildman–Crippen LogP) is 1.99. The van der Waals surface area contributed by atoms with Crippen molar-refractivity contribution in [1.82, 2.24) is 4.90 Å². The molecule has 1 aromatic rings. The fourth-order valence-electron chi connectivity index (χ4n) is 1.60. The van der Waals surface area contributed by atoms with E-state index in [1.807, 2.05) is 18.2 Å². The number of hydrogen-bond donors (Lipinski definition) is 0. The van der Waals surface area contributed by atoms with Crippen molar-refractivity contribution in [2.24, 2.45) is 0 Å². The number of nitrogens with zero attached hydrogens (tertiary/aromatic N) is 1. The summed E-state index contributed by atoms with van der Waals surface area (Å²) in [6.45, 7) is 0.289. The number of carbonyl (C=O) groups excluding carboxylic acids is 2. The minimum atomic E-state index is -0.111. The predicted molar refractivity (Wildman–Crippen MR) is 56.2 cm³/mol. The third-order valence-corrected chi connectivity index (χ3v) is 2.81. The summed E-state index contributed by atoms with van der Waals surface area (Å²) < 4.78 is 0. The molecular formula is C11H10ClNO2. The summed E-state index contributed by atoms with van der Waals surface area (Å²) in [7, 11) is 0. The van der Waals surface area contributed by atoms with E-state index in [-0.39, 0.29) is 18.4 Å². The molecule has 4 heteroatoms. The maximum absolute atomic E-state index is 11.4. The first-order valence-electron chi connectivity index (χ1n) is 4.75. The number of carbonyl (C=O) groups is 2. The van der Waals surface area contributed by atoms with Gasteiger partial charge in [0, 0.05) is 17.9 Å². The van der Waals surface area contributed by atoms with Crippen LogP contribution in [0.25, 0.3) is 0 Å². The molecule has 1 aliphatic rings. The van der Waals surface area contributed by atoms with Crippen molar-refractivity contribution in [1.29, 1.82) is 0 Å². The van der Waals surface area contributed by atoms with Gasteiger partial charge < -0.3 is 0 Å². The van der Waals surface area contributed by atoms with Crippen LogP contribution in [-0.4, -0.2) is 16.7 Å². The van der Waals surface area contributed by atoms with Gasteiger partial charge in [0.1, 0.15) is 0 Å². The Morgan fingerprint density at radius 1 is 1.13 bits per heavy atom. The van der Waals surface area contributed by atoms with E-state index in [9.17, 15) is 9.59 Å². The third-order valence-electron chi connectivity index (χ3n) is 2.44. The topological polar surface area (TPSA) is 37.4 Å². The molecule has 1 aliphatic heterocycles. The molecule has 0 unspecified atom stereocenters. The standard InChI is InChI=1S/C11H10ClNO2/c12-9-4-2-1-3-8(9)7-13-10(14)5-6-11(13)15/h1-4H,5-7H2. The van der Waals surface area contributed by atoms with Gasteiger partial charge in [0.05, 0.1) is 6.54 Å². The summed E-state index contributed by atoms with van der Waals surface area (Å²) in [6.07, 6.45) is 0.645. The molecule has 1 saturated heterocycles. The first-order chi connectivity index (χ1) is 7.18. The lowest BCUT2D eigenvalue weighted by atomic mass is 10.2. The van der Waals surface area contributed by atoms with Crippen molar-refractivity contribution in [3.05, 3.63) is 34.9 Å². The molecule has 0 N–H and O–H groups in total. The average Bonchev–Trinajstić information content (AvgIpc) is 2.53. The Balaban J connectivity index is 2.18. The monoisotopic (exact) mass is 223 g/mol. The van der Waals surface area contributed by atoms with E-state index in [2.05, 4.69) is 0 Å². The van der Waals surface area contributed by atoms with Gasteiger partial charge in [-0.1, -0.05) is 29.8 Å². The van der Waals surface area contributed by atoms with E-state index in [0.717, 1.165) is 5.56 Å². The second-order valence-electron chi connectivity index (χ2n) is 3.47. The van der Waals surface area contributed by atoms with Crippen LogP contribution in [0.5, 0.6) is 0 Å². The highest BCUT2D eigenvalue weighted by Crippen LogP contribution is 2.20. The number of rotatable bonds is 2. The van der Waals surface area contributed by atoms with Gasteiger partial charge in [-0.05, 0) is 11.6 Å². The summed E-state index contributed by atoms with van der Waals surface area (Å²) in [5.41, 5.74) is 0.808. The lowest BCUT2D eigenvalue weighted by Crippen LogP contribution is -2.28. The minimum Gasteiger partial charge on any atom is -0.278 e. The van der Waals surface area contributed by atoms with Crippen LogP contribution < -0.4 is 0 Å². The molecule has 0 atom stereocenters. The Morgan fingerprint density at radius 2 is 1.73 bits per heavy atom. The zero-order chi connectivity index (χ0) is 10.8. The molecule has 0 radical (unpaired) electrons. The van der Waals surface area contributed by atoms with Crippen molar-refractivity contribution in [2.45, 2.75) is 19.4 Å². The quantitative estimate of drug-likeness (QED) is 0.719. The van der Waals surface area contributed by atoms with E-state index < -0.39 is 0 Å².